The highest BCUT2D eigenvalue weighted by Gasteiger charge is 2.02. The minimum absolute atomic E-state index is 0.707. The number of hydrogen-bond donors (Lipinski definition) is 1. The third-order valence-electron chi connectivity index (χ3n) is 2.80. The van der Waals surface area contributed by atoms with Gasteiger partial charge < -0.3 is 10.1 Å². The molecule has 2 aromatic rings. The minimum Gasteiger partial charge on any atom is -0.494 e. The molecule has 0 saturated heterocycles. The van der Waals surface area contributed by atoms with Gasteiger partial charge in [0, 0.05) is 27.8 Å². The highest BCUT2D eigenvalue weighted by molar-refractivity contribution is 9.10. The standard InChI is InChI=1S/C16H17BrClNO/c1-2-8-20-15-5-3-4-14(10-15)19-11-12-9-13(18)6-7-16(12)17/h3-7,9-10,19H,2,8,11H2,1H3. The zero-order valence-corrected chi connectivity index (χ0v) is 13.7. The van der Waals surface area contributed by atoms with Crippen LogP contribution < -0.4 is 10.1 Å². The van der Waals surface area contributed by atoms with Crippen LogP contribution in [0.4, 0.5) is 5.69 Å². The molecule has 0 aliphatic rings. The first-order valence-corrected chi connectivity index (χ1v) is 7.77. The summed E-state index contributed by atoms with van der Waals surface area (Å²) >= 11 is 9.54. The van der Waals surface area contributed by atoms with Gasteiger partial charge in [0.15, 0.2) is 0 Å². The van der Waals surface area contributed by atoms with Gasteiger partial charge in [-0.15, -0.1) is 0 Å². The van der Waals surface area contributed by atoms with Crippen LogP contribution in [0.5, 0.6) is 5.75 Å². The van der Waals surface area contributed by atoms with Crippen molar-refractivity contribution in [3.8, 4) is 5.75 Å². The summed E-state index contributed by atoms with van der Waals surface area (Å²) in [6, 6.07) is 13.8. The minimum atomic E-state index is 0.707. The normalized spacial score (nSPS) is 10.3. The van der Waals surface area contributed by atoms with Crippen LogP contribution >= 0.6 is 27.5 Å². The van der Waals surface area contributed by atoms with Gasteiger partial charge in [0.05, 0.1) is 6.61 Å². The summed E-state index contributed by atoms with van der Waals surface area (Å²) < 4.78 is 6.67. The van der Waals surface area contributed by atoms with Crippen LogP contribution in [0.2, 0.25) is 5.02 Å². The first-order chi connectivity index (χ1) is 9.69. The fourth-order valence-electron chi connectivity index (χ4n) is 1.79. The van der Waals surface area contributed by atoms with Crippen LogP contribution in [-0.4, -0.2) is 6.61 Å². The Morgan fingerprint density at radius 3 is 2.85 bits per heavy atom. The molecule has 2 aromatic carbocycles. The molecule has 0 spiro atoms. The predicted molar refractivity (Wildman–Crippen MR) is 88.7 cm³/mol. The second-order valence-corrected chi connectivity index (χ2v) is 5.76. The van der Waals surface area contributed by atoms with E-state index in [1.54, 1.807) is 0 Å². The van der Waals surface area contributed by atoms with Crippen LogP contribution in [0.25, 0.3) is 0 Å². The average molecular weight is 355 g/mol. The molecule has 0 fully saturated rings. The van der Waals surface area contributed by atoms with Crippen molar-refractivity contribution < 1.29 is 4.74 Å². The predicted octanol–water partition coefficient (Wildman–Crippen LogP) is 5.50. The number of hydrogen-bond acceptors (Lipinski definition) is 2. The fourth-order valence-corrected chi connectivity index (χ4v) is 2.37. The molecule has 0 radical (unpaired) electrons. The van der Waals surface area contributed by atoms with Crippen molar-refractivity contribution >= 4 is 33.2 Å². The number of anilines is 1. The molecule has 4 heteroatoms. The molecule has 0 aliphatic carbocycles. The van der Waals surface area contributed by atoms with Crippen molar-refractivity contribution in [1.29, 1.82) is 0 Å². The molecule has 1 N–H and O–H groups in total. The Labute approximate surface area is 133 Å². The Kier molecular flexibility index (Phi) is 5.74. The van der Waals surface area contributed by atoms with Gasteiger partial charge in [-0.05, 0) is 42.3 Å². The van der Waals surface area contributed by atoms with Gasteiger partial charge in [-0.2, -0.15) is 0 Å². The summed E-state index contributed by atoms with van der Waals surface area (Å²) in [7, 11) is 0. The second-order valence-electron chi connectivity index (χ2n) is 4.47. The Balaban J connectivity index is 2.01. The van der Waals surface area contributed by atoms with E-state index in [1.165, 1.54) is 0 Å². The molecule has 0 unspecified atom stereocenters. The Morgan fingerprint density at radius 1 is 1.20 bits per heavy atom. The molecule has 2 rings (SSSR count). The van der Waals surface area contributed by atoms with E-state index >= 15 is 0 Å². The lowest BCUT2D eigenvalue weighted by atomic mass is 10.2. The van der Waals surface area contributed by atoms with Crippen molar-refractivity contribution in [2.24, 2.45) is 0 Å². The monoisotopic (exact) mass is 353 g/mol. The van der Waals surface area contributed by atoms with Crippen molar-refractivity contribution in [2.75, 3.05) is 11.9 Å². The highest BCUT2D eigenvalue weighted by Crippen LogP contribution is 2.23. The molecule has 0 bridgehead atoms. The molecule has 0 aliphatic heterocycles. The summed E-state index contributed by atoms with van der Waals surface area (Å²) in [5.74, 6) is 0.891. The third-order valence-corrected chi connectivity index (χ3v) is 3.81. The average Bonchev–Trinajstić information content (AvgIpc) is 2.46. The lowest BCUT2D eigenvalue weighted by Crippen LogP contribution is -2.01. The van der Waals surface area contributed by atoms with Gasteiger partial charge in [0.25, 0.3) is 0 Å². The largest absolute Gasteiger partial charge is 0.494 e. The lowest BCUT2D eigenvalue weighted by Gasteiger charge is -2.11. The van der Waals surface area contributed by atoms with E-state index in [9.17, 15) is 0 Å². The van der Waals surface area contributed by atoms with E-state index in [1.807, 2.05) is 42.5 Å². The van der Waals surface area contributed by atoms with Crippen LogP contribution in [-0.2, 0) is 6.54 Å². The number of benzene rings is 2. The van der Waals surface area contributed by atoms with Gasteiger partial charge in [0.1, 0.15) is 5.75 Å². The maximum atomic E-state index is 6.01. The van der Waals surface area contributed by atoms with E-state index in [0.717, 1.165) is 39.5 Å². The molecular weight excluding hydrogens is 338 g/mol. The number of ether oxygens (including phenoxy) is 1. The van der Waals surface area contributed by atoms with Crippen molar-refractivity contribution in [3.05, 3.63) is 57.5 Å². The third kappa shape index (κ3) is 4.43. The highest BCUT2D eigenvalue weighted by atomic mass is 79.9. The maximum absolute atomic E-state index is 6.01. The van der Waals surface area contributed by atoms with Gasteiger partial charge in [-0.1, -0.05) is 40.5 Å². The quantitative estimate of drug-likeness (QED) is 0.739. The van der Waals surface area contributed by atoms with Crippen LogP contribution in [0.15, 0.2) is 46.9 Å². The molecular formula is C16H17BrClNO. The van der Waals surface area contributed by atoms with Gasteiger partial charge in [-0.25, -0.2) is 0 Å². The second kappa shape index (κ2) is 7.55. The van der Waals surface area contributed by atoms with Crippen LogP contribution in [0.3, 0.4) is 0 Å². The lowest BCUT2D eigenvalue weighted by molar-refractivity contribution is 0.317. The molecule has 0 saturated carbocycles. The number of nitrogens with one attached hydrogen (secondary N) is 1. The molecule has 0 amide bonds. The van der Waals surface area contributed by atoms with Crippen molar-refractivity contribution in [1.82, 2.24) is 0 Å². The number of rotatable bonds is 6. The Bertz CT molecular complexity index is 574. The summed E-state index contributed by atoms with van der Waals surface area (Å²) in [6.07, 6.45) is 1.01. The van der Waals surface area contributed by atoms with Crippen molar-refractivity contribution in [3.63, 3.8) is 0 Å². The fraction of sp³-hybridized carbons (Fsp3) is 0.250. The zero-order chi connectivity index (χ0) is 14.4. The first kappa shape index (κ1) is 15.2. The maximum Gasteiger partial charge on any atom is 0.121 e. The van der Waals surface area contributed by atoms with Crippen LogP contribution in [0.1, 0.15) is 18.9 Å². The summed E-state index contributed by atoms with van der Waals surface area (Å²) in [5.41, 5.74) is 2.16. The van der Waals surface area contributed by atoms with Crippen molar-refractivity contribution in [2.45, 2.75) is 19.9 Å². The number of halogens is 2. The SMILES string of the molecule is CCCOc1cccc(NCc2cc(Cl)ccc2Br)c1. The summed E-state index contributed by atoms with van der Waals surface area (Å²) in [5, 5.41) is 4.12. The van der Waals surface area contributed by atoms with Gasteiger partial charge in [0.2, 0.25) is 0 Å². The molecule has 0 aromatic heterocycles. The molecule has 0 atom stereocenters. The van der Waals surface area contributed by atoms with Crippen LogP contribution in [0, 0.1) is 0 Å². The van der Waals surface area contributed by atoms with E-state index in [-0.39, 0.29) is 0 Å². The molecule has 2 nitrogen and oxygen atoms in total. The van der Waals surface area contributed by atoms with E-state index < -0.39 is 0 Å². The van der Waals surface area contributed by atoms with Gasteiger partial charge in [-0.3, -0.25) is 0 Å². The van der Waals surface area contributed by atoms with Gasteiger partial charge >= 0.3 is 0 Å². The molecule has 106 valence electrons. The Hall–Kier alpha value is -1.19. The Morgan fingerprint density at radius 2 is 2.05 bits per heavy atom. The van der Waals surface area contributed by atoms with E-state index in [0.29, 0.717) is 6.54 Å². The topological polar surface area (TPSA) is 21.3 Å². The summed E-state index contributed by atoms with van der Waals surface area (Å²) in [6.45, 7) is 3.54. The zero-order valence-electron chi connectivity index (χ0n) is 11.3. The van der Waals surface area contributed by atoms with E-state index in [4.69, 9.17) is 16.3 Å². The first-order valence-electron chi connectivity index (χ1n) is 6.59. The van der Waals surface area contributed by atoms with E-state index in [2.05, 4.69) is 28.2 Å². The smallest absolute Gasteiger partial charge is 0.121 e. The summed E-state index contributed by atoms with van der Waals surface area (Å²) in [4.78, 5) is 0. The molecule has 0 heterocycles. The molecule has 20 heavy (non-hydrogen) atoms.